The molecule has 90 valence electrons. The van der Waals surface area contributed by atoms with E-state index >= 15 is 0 Å². The van der Waals surface area contributed by atoms with Crippen LogP contribution in [0.5, 0.6) is 0 Å². The van der Waals surface area contributed by atoms with Gasteiger partial charge in [-0.1, -0.05) is 5.16 Å². The van der Waals surface area contributed by atoms with Crippen LogP contribution in [-0.2, 0) is 11.3 Å². The van der Waals surface area contributed by atoms with Crippen molar-refractivity contribution in [3.63, 3.8) is 0 Å². The molecule has 16 heavy (non-hydrogen) atoms. The Labute approximate surface area is 95.0 Å². The molecule has 1 aromatic heterocycles. The topological polar surface area (TPSA) is 66.6 Å². The number of carboxylic acid groups (broad SMARTS) is 1. The molecule has 5 nitrogen and oxygen atoms in total. The molecule has 0 aliphatic rings. The number of carboxylic acids is 1. The van der Waals surface area contributed by atoms with Crippen LogP contribution in [0.3, 0.4) is 0 Å². The van der Waals surface area contributed by atoms with E-state index in [1.165, 1.54) is 0 Å². The Kier molecular flexibility index (Phi) is 4.06. The molecule has 0 aliphatic heterocycles. The third kappa shape index (κ3) is 3.06. The van der Waals surface area contributed by atoms with Crippen LogP contribution in [0.1, 0.15) is 30.9 Å². The lowest BCUT2D eigenvalue weighted by atomic mass is 10.1. The average Bonchev–Trinajstić information content (AvgIpc) is 2.47. The number of hydrogen-bond donors (Lipinski definition) is 1. The first-order valence-electron chi connectivity index (χ1n) is 5.29. The van der Waals surface area contributed by atoms with Crippen molar-refractivity contribution in [3.05, 3.63) is 17.0 Å². The second kappa shape index (κ2) is 5.12. The van der Waals surface area contributed by atoms with E-state index in [0.29, 0.717) is 6.54 Å². The smallest absolute Gasteiger partial charge is 0.317 e. The van der Waals surface area contributed by atoms with Crippen LogP contribution in [0.4, 0.5) is 0 Å². The molecule has 1 rings (SSSR count). The van der Waals surface area contributed by atoms with Crippen molar-refractivity contribution in [1.82, 2.24) is 10.1 Å². The highest BCUT2D eigenvalue weighted by molar-refractivity contribution is 5.69. The first-order chi connectivity index (χ1) is 7.41. The van der Waals surface area contributed by atoms with Gasteiger partial charge in [0.25, 0.3) is 0 Å². The summed E-state index contributed by atoms with van der Waals surface area (Å²) in [4.78, 5) is 12.6. The maximum absolute atomic E-state index is 10.7. The van der Waals surface area contributed by atoms with E-state index in [1.807, 2.05) is 32.6 Å². The molecule has 1 aromatic rings. The Morgan fingerprint density at radius 3 is 2.50 bits per heavy atom. The first-order valence-corrected chi connectivity index (χ1v) is 5.29. The Morgan fingerprint density at radius 1 is 1.50 bits per heavy atom. The lowest BCUT2D eigenvalue weighted by Crippen LogP contribution is -2.35. The molecule has 0 spiro atoms. The van der Waals surface area contributed by atoms with Gasteiger partial charge in [-0.05, 0) is 27.7 Å². The van der Waals surface area contributed by atoms with Gasteiger partial charge in [-0.15, -0.1) is 0 Å². The van der Waals surface area contributed by atoms with Gasteiger partial charge in [-0.3, -0.25) is 9.69 Å². The summed E-state index contributed by atoms with van der Waals surface area (Å²) in [5.74, 6) is -0.0611. The maximum Gasteiger partial charge on any atom is 0.317 e. The number of nitrogens with zero attached hydrogens (tertiary/aromatic N) is 2. The van der Waals surface area contributed by atoms with E-state index in [0.717, 1.165) is 17.0 Å². The molecule has 5 heteroatoms. The molecule has 1 N–H and O–H groups in total. The predicted octanol–water partition coefficient (Wildman–Crippen LogP) is 1.59. The van der Waals surface area contributed by atoms with Gasteiger partial charge < -0.3 is 9.63 Å². The van der Waals surface area contributed by atoms with E-state index in [9.17, 15) is 4.79 Å². The van der Waals surface area contributed by atoms with E-state index in [-0.39, 0.29) is 12.6 Å². The van der Waals surface area contributed by atoms with Crippen LogP contribution in [-0.4, -0.2) is 33.7 Å². The zero-order valence-electron chi connectivity index (χ0n) is 10.1. The Bertz CT molecular complexity index is 352. The fourth-order valence-corrected chi connectivity index (χ4v) is 1.53. The van der Waals surface area contributed by atoms with Crippen molar-refractivity contribution in [1.29, 1.82) is 0 Å². The highest BCUT2D eigenvalue weighted by Gasteiger charge is 2.18. The molecule has 0 atom stereocenters. The molecular formula is C11H18N2O3. The monoisotopic (exact) mass is 226 g/mol. The van der Waals surface area contributed by atoms with Gasteiger partial charge >= 0.3 is 5.97 Å². The summed E-state index contributed by atoms with van der Waals surface area (Å²) in [5, 5.41) is 12.7. The number of aromatic nitrogens is 1. The van der Waals surface area contributed by atoms with E-state index < -0.39 is 5.97 Å². The first kappa shape index (κ1) is 12.7. The highest BCUT2D eigenvalue weighted by Crippen LogP contribution is 2.16. The van der Waals surface area contributed by atoms with Crippen LogP contribution >= 0.6 is 0 Å². The molecule has 1 heterocycles. The minimum atomic E-state index is -0.819. The molecule has 0 unspecified atom stereocenters. The molecule has 0 radical (unpaired) electrons. The van der Waals surface area contributed by atoms with Gasteiger partial charge in [0.2, 0.25) is 0 Å². The van der Waals surface area contributed by atoms with Crippen LogP contribution in [0, 0.1) is 13.8 Å². The minimum Gasteiger partial charge on any atom is -0.480 e. The molecule has 0 saturated heterocycles. The largest absolute Gasteiger partial charge is 0.480 e. The van der Waals surface area contributed by atoms with E-state index in [1.54, 1.807) is 0 Å². The van der Waals surface area contributed by atoms with Crippen LogP contribution in [0.2, 0.25) is 0 Å². The summed E-state index contributed by atoms with van der Waals surface area (Å²) in [7, 11) is 0. The molecular weight excluding hydrogens is 208 g/mol. The Hall–Kier alpha value is -1.36. The average molecular weight is 226 g/mol. The number of aryl methyl sites for hydroxylation is 2. The third-order valence-electron chi connectivity index (χ3n) is 2.61. The molecule has 0 fully saturated rings. The maximum atomic E-state index is 10.7. The van der Waals surface area contributed by atoms with Gasteiger partial charge in [0.05, 0.1) is 12.2 Å². The second-order valence-corrected chi connectivity index (χ2v) is 4.20. The normalized spacial score (nSPS) is 11.4. The number of carbonyl (C=O) groups is 1. The zero-order chi connectivity index (χ0) is 12.3. The molecule has 0 amide bonds. The standard InChI is InChI=1S/C11H18N2O3/c1-7(2)13(6-11(14)15)5-10-8(3)12-16-9(10)4/h7H,5-6H2,1-4H3,(H,14,15). The lowest BCUT2D eigenvalue weighted by molar-refractivity contribution is -0.138. The van der Waals surface area contributed by atoms with Gasteiger partial charge in [0.15, 0.2) is 0 Å². The third-order valence-corrected chi connectivity index (χ3v) is 2.61. The summed E-state index contributed by atoms with van der Waals surface area (Å²) in [6, 6.07) is 0.171. The van der Waals surface area contributed by atoms with Crippen LogP contribution in [0.25, 0.3) is 0 Å². The Morgan fingerprint density at radius 2 is 2.12 bits per heavy atom. The van der Waals surface area contributed by atoms with Crippen molar-refractivity contribution in [3.8, 4) is 0 Å². The second-order valence-electron chi connectivity index (χ2n) is 4.20. The predicted molar refractivity (Wildman–Crippen MR) is 59.2 cm³/mol. The van der Waals surface area contributed by atoms with Crippen molar-refractivity contribution >= 4 is 5.97 Å². The summed E-state index contributed by atoms with van der Waals surface area (Å²) in [6.45, 7) is 8.24. The summed E-state index contributed by atoms with van der Waals surface area (Å²) < 4.78 is 5.06. The molecule has 0 saturated carbocycles. The van der Waals surface area contributed by atoms with Crippen molar-refractivity contribution in [2.75, 3.05) is 6.54 Å². The Balaban J connectivity index is 2.79. The van der Waals surface area contributed by atoms with Crippen LogP contribution < -0.4 is 0 Å². The lowest BCUT2D eigenvalue weighted by Gasteiger charge is -2.24. The number of rotatable bonds is 5. The van der Waals surface area contributed by atoms with Crippen molar-refractivity contribution in [2.24, 2.45) is 0 Å². The highest BCUT2D eigenvalue weighted by atomic mass is 16.5. The fourth-order valence-electron chi connectivity index (χ4n) is 1.53. The van der Waals surface area contributed by atoms with E-state index in [4.69, 9.17) is 9.63 Å². The van der Waals surface area contributed by atoms with Gasteiger partial charge in [-0.2, -0.15) is 0 Å². The number of hydrogen-bond acceptors (Lipinski definition) is 4. The summed E-state index contributed by atoms with van der Waals surface area (Å²) in [6.07, 6.45) is 0. The quantitative estimate of drug-likeness (QED) is 0.825. The molecule has 0 aromatic carbocycles. The van der Waals surface area contributed by atoms with E-state index in [2.05, 4.69) is 5.16 Å². The summed E-state index contributed by atoms with van der Waals surface area (Å²) in [5.41, 5.74) is 1.81. The minimum absolute atomic E-state index is 0.0295. The van der Waals surface area contributed by atoms with Gasteiger partial charge in [-0.25, -0.2) is 0 Å². The fraction of sp³-hybridized carbons (Fsp3) is 0.636. The van der Waals surface area contributed by atoms with Crippen LogP contribution in [0.15, 0.2) is 4.52 Å². The SMILES string of the molecule is Cc1noc(C)c1CN(CC(=O)O)C(C)C. The van der Waals surface area contributed by atoms with Gasteiger partial charge in [0, 0.05) is 18.2 Å². The number of aliphatic carboxylic acids is 1. The molecule has 0 bridgehead atoms. The van der Waals surface area contributed by atoms with Crippen molar-refractivity contribution < 1.29 is 14.4 Å². The zero-order valence-corrected chi connectivity index (χ0v) is 10.1. The summed E-state index contributed by atoms with van der Waals surface area (Å²) >= 11 is 0. The van der Waals surface area contributed by atoms with Gasteiger partial charge in [0.1, 0.15) is 5.76 Å². The van der Waals surface area contributed by atoms with Crippen molar-refractivity contribution in [2.45, 2.75) is 40.3 Å². The molecule has 0 aliphatic carbocycles.